The number of carbonyl (C=O) groups excluding carboxylic acids is 2. The molecule has 2 atom stereocenters. The van der Waals surface area contributed by atoms with Crippen LogP contribution < -0.4 is 10.6 Å². The van der Waals surface area contributed by atoms with Gasteiger partial charge < -0.3 is 25.2 Å². The predicted octanol–water partition coefficient (Wildman–Crippen LogP) is 4.37. The Morgan fingerprint density at radius 3 is 2.00 bits per heavy atom. The fourth-order valence-corrected chi connectivity index (χ4v) is 3.88. The second-order valence-corrected chi connectivity index (χ2v) is 10.3. The van der Waals surface area contributed by atoms with Crippen molar-refractivity contribution in [2.24, 2.45) is 11.3 Å². The van der Waals surface area contributed by atoms with E-state index in [1.165, 1.54) is 0 Å². The van der Waals surface area contributed by atoms with Crippen LogP contribution in [-0.4, -0.2) is 47.7 Å². The van der Waals surface area contributed by atoms with Crippen LogP contribution in [0.5, 0.6) is 0 Å². The molecule has 0 aromatic heterocycles. The lowest BCUT2D eigenvalue weighted by molar-refractivity contribution is 0.0294. The van der Waals surface area contributed by atoms with Gasteiger partial charge in [0, 0.05) is 25.1 Å². The minimum absolute atomic E-state index is 0.00947. The van der Waals surface area contributed by atoms with E-state index in [2.05, 4.69) is 10.6 Å². The first kappa shape index (κ1) is 25.5. The van der Waals surface area contributed by atoms with Gasteiger partial charge in [0.05, 0.1) is 0 Å². The normalized spacial score (nSPS) is 18.2. The smallest absolute Gasteiger partial charge is 0.407 e. The molecular weight excluding hydrogens is 372 g/mol. The van der Waals surface area contributed by atoms with Crippen molar-refractivity contribution in [1.82, 2.24) is 10.6 Å². The summed E-state index contributed by atoms with van der Waals surface area (Å²) >= 11 is 0. The number of nitrogens with one attached hydrogen (secondary N) is 2. The summed E-state index contributed by atoms with van der Waals surface area (Å²) in [5.41, 5.74) is -0.979. The molecule has 7 heteroatoms. The summed E-state index contributed by atoms with van der Waals surface area (Å²) < 4.78 is 10.7. The van der Waals surface area contributed by atoms with E-state index in [0.29, 0.717) is 6.54 Å². The first-order valence-electron chi connectivity index (χ1n) is 10.9. The second-order valence-electron chi connectivity index (χ2n) is 10.3. The molecule has 0 radical (unpaired) electrons. The molecule has 0 aliphatic heterocycles. The standard InChI is InChI=1S/C22H42N2O5/c1-8-17(24-19(27)29-21(5,6)7)16(15-25)14-22(10-9-11-22)12-13-23-18(26)28-20(2,3)4/h16-17,25H,8-15H2,1-7H3,(H,23,26)(H,24,27)/t16?,17-/m1/s1. The molecule has 0 aromatic rings. The van der Waals surface area contributed by atoms with E-state index >= 15 is 0 Å². The van der Waals surface area contributed by atoms with Gasteiger partial charge in [-0.1, -0.05) is 13.3 Å². The number of hydrogen-bond donors (Lipinski definition) is 3. The van der Waals surface area contributed by atoms with Crippen LogP contribution in [0.25, 0.3) is 0 Å². The molecular formula is C22H42N2O5. The molecule has 7 nitrogen and oxygen atoms in total. The number of ether oxygens (including phenoxy) is 2. The van der Waals surface area contributed by atoms with Crippen LogP contribution in [-0.2, 0) is 9.47 Å². The van der Waals surface area contributed by atoms with Crippen LogP contribution in [0, 0.1) is 11.3 Å². The number of aliphatic hydroxyl groups is 1. The monoisotopic (exact) mass is 414 g/mol. The highest BCUT2D eigenvalue weighted by Gasteiger charge is 2.40. The molecule has 1 saturated carbocycles. The molecule has 29 heavy (non-hydrogen) atoms. The van der Waals surface area contributed by atoms with Crippen molar-refractivity contribution in [3.63, 3.8) is 0 Å². The summed E-state index contributed by atoms with van der Waals surface area (Å²) in [6.45, 7) is 13.6. The number of rotatable bonds is 9. The fraction of sp³-hybridized carbons (Fsp3) is 0.909. The largest absolute Gasteiger partial charge is 0.444 e. The van der Waals surface area contributed by atoms with Gasteiger partial charge in [0.1, 0.15) is 11.2 Å². The highest BCUT2D eigenvalue weighted by molar-refractivity contribution is 5.68. The molecule has 0 saturated heterocycles. The summed E-state index contributed by atoms with van der Waals surface area (Å²) in [5.74, 6) is -0.0469. The molecule has 0 aromatic carbocycles. The van der Waals surface area contributed by atoms with E-state index in [9.17, 15) is 14.7 Å². The number of carbonyl (C=O) groups is 2. The van der Waals surface area contributed by atoms with Crippen LogP contribution in [0.2, 0.25) is 0 Å². The predicted molar refractivity (Wildman–Crippen MR) is 114 cm³/mol. The van der Waals surface area contributed by atoms with Crippen LogP contribution in [0.1, 0.15) is 87.0 Å². The highest BCUT2D eigenvalue weighted by atomic mass is 16.6. The first-order chi connectivity index (χ1) is 13.3. The van der Waals surface area contributed by atoms with Crippen LogP contribution >= 0.6 is 0 Å². The lowest BCUT2D eigenvalue weighted by Gasteiger charge is -2.45. The number of alkyl carbamates (subject to hydrolysis) is 2. The van der Waals surface area contributed by atoms with Crippen molar-refractivity contribution in [3.05, 3.63) is 0 Å². The minimum Gasteiger partial charge on any atom is -0.444 e. The van der Waals surface area contributed by atoms with E-state index < -0.39 is 23.4 Å². The summed E-state index contributed by atoms with van der Waals surface area (Å²) in [6.07, 6.45) is 4.82. The molecule has 0 spiro atoms. The minimum atomic E-state index is -0.556. The van der Waals surface area contributed by atoms with Gasteiger partial charge in [0.25, 0.3) is 0 Å². The maximum atomic E-state index is 12.2. The zero-order chi connectivity index (χ0) is 22.3. The van der Waals surface area contributed by atoms with E-state index in [1.807, 2.05) is 48.5 Å². The highest BCUT2D eigenvalue weighted by Crippen LogP contribution is 2.49. The lowest BCUT2D eigenvalue weighted by atomic mass is 9.61. The van der Waals surface area contributed by atoms with E-state index in [1.54, 1.807) is 0 Å². The third-order valence-corrected chi connectivity index (χ3v) is 5.38. The van der Waals surface area contributed by atoms with E-state index in [0.717, 1.165) is 38.5 Å². The van der Waals surface area contributed by atoms with Crippen molar-refractivity contribution in [3.8, 4) is 0 Å². The summed E-state index contributed by atoms with van der Waals surface area (Å²) in [6, 6.07) is -0.147. The lowest BCUT2D eigenvalue weighted by Crippen LogP contribution is -2.47. The Labute approximate surface area is 176 Å². The molecule has 1 aliphatic rings. The molecule has 3 N–H and O–H groups in total. The topological polar surface area (TPSA) is 96.9 Å². The Hall–Kier alpha value is -1.50. The Kier molecular flexibility index (Phi) is 9.25. The zero-order valence-electron chi connectivity index (χ0n) is 19.4. The number of amides is 2. The van der Waals surface area contributed by atoms with E-state index in [4.69, 9.17) is 9.47 Å². The van der Waals surface area contributed by atoms with E-state index in [-0.39, 0.29) is 24.0 Å². The third kappa shape index (κ3) is 9.70. The van der Waals surface area contributed by atoms with Gasteiger partial charge in [-0.3, -0.25) is 0 Å². The Balaban J connectivity index is 2.61. The van der Waals surface area contributed by atoms with Gasteiger partial charge in [-0.15, -0.1) is 0 Å². The Morgan fingerprint density at radius 1 is 1.03 bits per heavy atom. The molecule has 1 unspecified atom stereocenters. The Morgan fingerprint density at radius 2 is 1.59 bits per heavy atom. The van der Waals surface area contributed by atoms with Gasteiger partial charge in [0.2, 0.25) is 0 Å². The average molecular weight is 415 g/mol. The summed E-state index contributed by atoms with van der Waals surface area (Å²) in [7, 11) is 0. The molecule has 1 fully saturated rings. The molecule has 1 rings (SSSR count). The van der Waals surface area contributed by atoms with Crippen LogP contribution in [0.15, 0.2) is 0 Å². The van der Waals surface area contributed by atoms with Gasteiger partial charge in [0.15, 0.2) is 0 Å². The molecule has 2 amide bonds. The SMILES string of the molecule is CC[C@@H](NC(=O)OC(C)(C)C)C(CO)CC1(CCNC(=O)OC(C)(C)C)CCC1. The third-order valence-electron chi connectivity index (χ3n) is 5.38. The first-order valence-corrected chi connectivity index (χ1v) is 10.9. The molecule has 0 heterocycles. The van der Waals surface area contributed by atoms with Crippen molar-refractivity contribution < 1.29 is 24.2 Å². The van der Waals surface area contributed by atoms with Gasteiger partial charge >= 0.3 is 12.2 Å². The van der Waals surface area contributed by atoms with Crippen molar-refractivity contribution in [1.29, 1.82) is 0 Å². The van der Waals surface area contributed by atoms with Crippen molar-refractivity contribution >= 4 is 12.2 Å². The maximum Gasteiger partial charge on any atom is 0.407 e. The average Bonchev–Trinajstić information content (AvgIpc) is 2.51. The van der Waals surface area contributed by atoms with Crippen molar-refractivity contribution in [2.45, 2.75) is 104 Å². The second kappa shape index (κ2) is 10.5. The van der Waals surface area contributed by atoms with Crippen LogP contribution in [0.3, 0.4) is 0 Å². The summed E-state index contributed by atoms with van der Waals surface area (Å²) in [5, 5.41) is 15.8. The van der Waals surface area contributed by atoms with Gasteiger partial charge in [-0.2, -0.15) is 0 Å². The maximum absolute atomic E-state index is 12.2. The quantitative estimate of drug-likeness (QED) is 0.520. The molecule has 170 valence electrons. The van der Waals surface area contributed by atoms with Gasteiger partial charge in [-0.05, 0) is 79.1 Å². The number of hydrogen-bond acceptors (Lipinski definition) is 5. The Bertz CT molecular complexity index is 532. The molecule has 0 bridgehead atoms. The van der Waals surface area contributed by atoms with Crippen molar-refractivity contribution in [2.75, 3.05) is 13.2 Å². The fourth-order valence-electron chi connectivity index (χ4n) is 3.88. The summed E-state index contributed by atoms with van der Waals surface area (Å²) in [4.78, 5) is 24.1. The van der Waals surface area contributed by atoms with Gasteiger partial charge in [-0.25, -0.2) is 9.59 Å². The molecule has 1 aliphatic carbocycles. The zero-order valence-corrected chi connectivity index (χ0v) is 19.4. The van der Waals surface area contributed by atoms with Crippen LogP contribution in [0.4, 0.5) is 9.59 Å². The number of aliphatic hydroxyl groups excluding tert-OH is 1.